The van der Waals surface area contributed by atoms with Crippen molar-refractivity contribution in [1.82, 2.24) is 10.3 Å². The number of carbonyl (C=O) groups is 1. The maximum absolute atomic E-state index is 11.6. The van der Waals surface area contributed by atoms with E-state index in [9.17, 15) is 4.79 Å². The lowest BCUT2D eigenvalue weighted by Gasteiger charge is -2.10. The lowest BCUT2D eigenvalue weighted by Crippen LogP contribution is -2.26. The van der Waals surface area contributed by atoms with Gasteiger partial charge in [0.2, 0.25) is 0 Å². The number of hydrogen-bond donors (Lipinski definition) is 1. The molecule has 1 fully saturated rings. The second-order valence-corrected chi connectivity index (χ2v) is 3.65. The number of nitrogens with one attached hydrogen (secondary N) is 1. The highest BCUT2D eigenvalue weighted by atomic mass is 16.3. The number of nitrogens with zero attached hydrogens (tertiary/aromatic N) is 1. The van der Waals surface area contributed by atoms with Crippen LogP contribution in [0.1, 0.15) is 18.5 Å². The average Bonchev–Trinajstić information content (AvgIpc) is 2.60. The Morgan fingerprint density at radius 2 is 2.57 bits per heavy atom. The van der Waals surface area contributed by atoms with Crippen LogP contribution in [0.3, 0.4) is 0 Å². The molecule has 1 unspecified atom stereocenters. The van der Waals surface area contributed by atoms with Gasteiger partial charge in [-0.05, 0) is 13.0 Å². The van der Waals surface area contributed by atoms with E-state index in [0.29, 0.717) is 18.6 Å². The van der Waals surface area contributed by atoms with Gasteiger partial charge < -0.3 is 9.73 Å². The highest BCUT2D eigenvalue weighted by Gasteiger charge is 2.21. The van der Waals surface area contributed by atoms with E-state index in [0.717, 1.165) is 25.2 Å². The summed E-state index contributed by atoms with van der Waals surface area (Å²) in [5.41, 5.74) is 0.868. The summed E-state index contributed by atoms with van der Waals surface area (Å²) in [5.74, 6) is 0.417. The Kier molecular flexibility index (Phi) is 2.93. The fourth-order valence-electron chi connectivity index (χ4n) is 1.76. The molecule has 1 aliphatic rings. The molecule has 2 rings (SSSR count). The highest BCUT2D eigenvalue weighted by molar-refractivity contribution is 5.81. The fourth-order valence-corrected chi connectivity index (χ4v) is 1.76. The van der Waals surface area contributed by atoms with Crippen LogP contribution in [0.2, 0.25) is 0 Å². The van der Waals surface area contributed by atoms with Gasteiger partial charge in [-0.25, -0.2) is 4.98 Å². The van der Waals surface area contributed by atoms with Gasteiger partial charge >= 0.3 is 0 Å². The van der Waals surface area contributed by atoms with E-state index in [-0.39, 0.29) is 5.92 Å². The van der Waals surface area contributed by atoms with E-state index in [1.807, 2.05) is 0 Å². The zero-order chi connectivity index (χ0) is 9.80. The molecule has 14 heavy (non-hydrogen) atoms. The van der Waals surface area contributed by atoms with E-state index in [1.54, 1.807) is 6.26 Å². The lowest BCUT2D eigenvalue weighted by molar-refractivity contribution is -0.122. The fraction of sp³-hybridized carbons (Fsp3) is 0.600. The standard InChI is InChI=1S/C10H14N2O2/c13-10-2-1-3-11-5-8(10)4-9-6-14-7-12-9/h6-8,11H,1-5H2. The van der Waals surface area contributed by atoms with E-state index in [1.165, 1.54) is 6.39 Å². The second-order valence-electron chi connectivity index (χ2n) is 3.65. The first-order valence-electron chi connectivity index (χ1n) is 4.97. The van der Waals surface area contributed by atoms with Crippen LogP contribution in [0.5, 0.6) is 0 Å². The molecule has 0 aromatic carbocycles. The number of oxazole rings is 1. The zero-order valence-corrected chi connectivity index (χ0v) is 8.03. The summed E-state index contributed by atoms with van der Waals surface area (Å²) in [6, 6.07) is 0. The maximum Gasteiger partial charge on any atom is 0.180 e. The summed E-state index contributed by atoms with van der Waals surface area (Å²) in [6.07, 6.45) is 5.36. The van der Waals surface area contributed by atoms with Gasteiger partial charge in [0.1, 0.15) is 12.0 Å². The third kappa shape index (κ3) is 2.20. The smallest absolute Gasteiger partial charge is 0.180 e. The van der Waals surface area contributed by atoms with Crippen molar-refractivity contribution in [1.29, 1.82) is 0 Å². The second kappa shape index (κ2) is 4.37. The Hall–Kier alpha value is -1.16. The summed E-state index contributed by atoms with van der Waals surface area (Å²) in [4.78, 5) is 15.7. The third-order valence-corrected chi connectivity index (χ3v) is 2.56. The van der Waals surface area contributed by atoms with Crippen molar-refractivity contribution < 1.29 is 9.21 Å². The molecule has 76 valence electrons. The molecular formula is C10H14N2O2. The Balaban J connectivity index is 1.98. The van der Waals surface area contributed by atoms with E-state index in [4.69, 9.17) is 4.42 Å². The summed E-state index contributed by atoms with van der Waals surface area (Å²) < 4.78 is 4.88. The predicted molar refractivity (Wildman–Crippen MR) is 50.8 cm³/mol. The van der Waals surface area contributed by atoms with Gasteiger partial charge in [-0.3, -0.25) is 4.79 Å². The van der Waals surface area contributed by atoms with Crippen molar-refractivity contribution in [3.05, 3.63) is 18.4 Å². The molecule has 0 bridgehead atoms. The van der Waals surface area contributed by atoms with Crippen molar-refractivity contribution >= 4 is 5.78 Å². The monoisotopic (exact) mass is 194 g/mol. The van der Waals surface area contributed by atoms with Crippen molar-refractivity contribution in [3.63, 3.8) is 0 Å². The van der Waals surface area contributed by atoms with E-state index < -0.39 is 0 Å². The van der Waals surface area contributed by atoms with E-state index >= 15 is 0 Å². The number of aromatic nitrogens is 1. The van der Waals surface area contributed by atoms with Crippen LogP contribution in [0.25, 0.3) is 0 Å². The minimum atomic E-state index is 0.0719. The molecule has 1 atom stereocenters. The van der Waals surface area contributed by atoms with Gasteiger partial charge in [0.15, 0.2) is 6.39 Å². The van der Waals surface area contributed by atoms with Crippen LogP contribution in [-0.2, 0) is 11.2 Å². The Bertz CT molecular complexity index is 295. The van der Waals surface area contributed by atoms with Crippen LogP contribution in [0.15, 0.2) is 17.1 Å². The van der Waals surface area contributed by atoms with Gasteiger partial charge in [0.25, 0.3) is 0 Å². The molecule has 0 aliphatic carbocycles. The normalized spacial score (nSPS) is 23.4. The number of hydrogen-bond acceptors (Lipinski definition) is 4. The summed E-state index contributed by atoms with van der Waals surface area (Å²) in [7, 11) is 0. The Morgan fingerprint density at radius 3 is 3.36 bits per heavy atom. The largest absolute Gasteiger partial charge is 0.451 e. The minimum absolute atomic E-state index is 0.0719. The lowest BCUT2D eigenvalue weighted by atomic mass is 9.97. The molecule has 0 amide bonds. The molecule has 4 nitrogen and oxygen atoms in total. The first kappa shape index (κ1) is 9.40. The third-order valence-electron chi connectivity index (χ3n) is 2.56. The number of rotatable bonds is 2. The molecule has 2 heterocycles. The molecule has 0 spiro atoms. The van der Waals surface area contributed by atoms with Crippen LogP contribution in [-0.4, -0.2) is 23.9 Å². The molecule has 4 heteroatoms. The van der Waals surface area contributed by atoms with Crippen LogP contribution in [0.4, 0.5) is 0 Å². The van der Waals surface area contributed by atoms with Gasteiger partial charge in [-0.1, -0.05) is 0 Å². The SMILES string of the molecule is O=C1CCCNCC1Cc1cocn1. The molecule has 0 radical (unpaired) electrons. The average molecular weight is 194 g/mol. The van der Waals surface area contributed by atoms with Crippen LogP contribution in [0, 0.1) is 5.92 Å². The maximum atomic E-state index is 11.6. The predicted octanol–water partition coefficient (Wildman–Crippen LogP) is 0.786. The molecule has 1 aliphatic heterocycles. The van der Waals surface area contributed by atoms with Gasteiger partial charge in [-0.15, -0.1) is 0 Å². The highest BCUT2D eigenvalue weighted by Crippen LogP contribution is 2.12. The van der Waals surface area contributed by atoms with Crippen LogP contribution >= 0.6 is 0 Å². The number of Topliss-reactive ketones (excluding diaryl/α,β-unsaturated/α-hetero) is 1. The molecule has 1 saturated heterocycles. The van der Waals surface area contributed by atoms with Gasteiger partial charge in [-0.2, -0.15) is 0 Å². The van der Waals surface area contributed by atoms with Gasteiger partial charge in [0.05, 0.1) is 5.69 Å². The van der Waals surface area contributed by atoms with Crippen LogP contribution < -0.4 is 5.32 Å². The first-order chi connectivity index (χ1) is 6.86. The zero-order valence-electron chi connectivity index (χ0n) is 8.03. The van der Waals surface area contributed by atoms with Crippen molar-refractivity contribution in [3.8, 4) is 0 Å². The molecule has 1 aromatic rings. The van der Waals surface area contributed by atoms with Crippen molar-refractivity contribution in [2.75, 3.05) is 13.1 Å². The Labute approximate surface area is 82.7 Å². The van der Waals surface area contributed by atoms with Crippen molar-refractivity contribution in [2.24, 2.45) is 5.92 Å². The molecule has 1 aromatic heterocycles. The molecular weight excluding hydrogens is 180 g/mol. The molecule has 0 saturated carbocycles. The minimum Gasteiger partial charge on any atom is -0.451 e. The quantitative estimate of drug-likeness (QED) is 0.756. The number of ketones is 1. The number of carbonyl (C=O) groups excluding carboxylic acids is 1. The Morgan fingerprint density at radius 1 is 1.64 bits per heavy atom. The summed E-state index contributed by atoms with van der Waals surface area (Å²) in [5, 5.41) is 3.26. The first-order valence-corrected chi connectivity index (χ1v) is 4.97. The summed E-state index contributed by atoms with van der Waals surface area (Å²) in [6.45, 7) is 1.72. The summed E-state index contributed by atoms with van der Waals surface area (Å²) >= 11 is 0. The van der Waals surface area contributed by atoms with E-state index in [2.05, 4.69) is 10.3 Å². The molecule has 1 N–H and O–H groups in total. The van der Waals surface area contributed by atoms with Crippen molar-refractivity contribution in [2.45, 2.75) is 19.3 Å². The topological polar surface area (TPSA) is 55.1 Å². The van der Waals surface area contributed by atoms with Gasteiger partial charge in [0, 0.05) is 25.3 Å².